The van der Waals surface area contributed by atoms with E-state index >= 15 is 0 Å². The predicted molar refractivity (Wildman–Crippen MR) is 71.3 cm³/mol. The summed E-state index contributed by atoms with van der Waals surface area (Å²) in [6, 6.07) is 7.99. The average Bonchev–Trinajstić information content (AvgIpc) is 2.47. The van der Waals surface area contributed by atoms with Gasteiger partial charge in [-0.3, -0.25) is 0 Å². The Bertz CT molecular complexity index is 645. The maximum atomic E-state index is 10.9. The lowest BCUT2D eigenvalue weighted by Gasteiger charge is -2.06. The number of methoxy groups -OCH3 is 1. The van der Waals surface area contributed by atoms with Gasteiger partial charge in [0, 0.05) is 5.39 Å². The van der Waals surface area contributed by atoms with E-state index in [1.54, 1.807) is 6.07 Å². The van der Waals surface area contributed by atoms with Gasteiger partial charge in [0.05, 0.1) is 12.7 Å². The topological polar surface area (TPSA) is 83.2 Å². The molecule has 0 aliphatic heterocycles. The molecule has 0 spiro atoms. The molecule has 2 aromatic rings. The molecule has 1 heterocycles. The average molecular weight is 258 g/mol. The fourth-order valence-electron chi connectivity index (χ4n) is 1.54. The van der Waals surface area contributed by atoms with E-state index in [2.05, 4.69) is 4.98 Å². The number of ether oxygens (including phenoxy) is 1. The maximum absolute atomic E-state index is 10.9. The van der Waals surface area contributed by atoms with Crippen LogP contribution in [0.4, 0.5) is 0 Å². The highest BCUT2D eigenvalue weighted by Gasteiger charge is 2.11. The number of rotatable bonds is 2. The normalized spacial score (nSPS) is 9.16. The Morgan fingerprint density at radius 2 is 2.05 bits per heavy atom. The van der Waals surface area contributed by atoms with Gasteiger partial charge in [-0.15, -0.1) is 0 Å². The molecule has 0 unspecified atom stereocenters. The maximum Gasteiger partial charge on any atom is 0.335 e. The molecule has 1 N–H and O–H groups in total. The third-order valence-electron chi connectivity index (χ3n) is 2.34. The number of carboxylic acid groups (broad SMARTS) is 1. The zero-order valence-electron chi connectivity index (χ0n) is 11.0. The van der Waals surface area contributed by atoms with Gasteiger partial charge >= 0.3 is 5.97 Å². The van der Waals surface area contributed by atoms with Crippen molar-refractivity contribution in [3.05, 3.63) is 35.5 Å². The lowest BCUT2D eigenvalue weighted by molar-refractivity contribution is 0.0696. The molecule has 5 nitrogen and oxygen atoms in total. The van der Waals surface area contributed by atoms with Crippen molar-refractivity contribution in [2.24, 2.45) is 0 Å². The first kappa shape index (κ1) is 14.5. The largest absolute Gasteiger partial charge is 0.494 e. The Hall–Kier alpha value is -2.61. The minimum absolute atomic E-state index is 0.126. The second-order valence-corrected chi connectivity index (χ2v) is 3.36. The van der Waals surface area contributed by atoms with Crippen LogP contribution in [0.1, 0.15) is 29.9 Å². The third kappa shape index (κ3) is 2.99. The smallest absolute Gasteiger partial charge is 0.335 e. The molecule has 0 bridgehead atoms. The molecule has 0 radical (unpaired) electrons. The van der Waals surface area contributed by atoms with E-state index in [0.29, 0.717) is 16.7 Å². The van der Waals surface area contributed by atoms with Gasteiger partial charge < -0.3 is 9.84 Å². The minimum Gasteiger partial charge on any atom is -0.494 e. The van der Waals surface area contributed by atoms with E-state index in [1.165, 1.54) is 25.3 Å². The molecule has 0 atom stereocenters. The first-order valence-corrected chi connectivity index (χ1v) is 5.78. The Balaban J connectivity index is 0.000000861. The van der Waals surface area contributed by atoms with Gasteiger partial charge in [-0.25, -0.2) is 9.78 Å². The molecule has 1 aromatic heterocycles. The van der Waals surface area contributed by atoms with E-state index < -0.39 is 5.97 Å². The van der Waals surface area contributed by atoms with Gasteiger partial charge in [-0.1, -0.05) is 13.8 Å². The van der Waals surface area contributed by atoms with Gasteiger partial charge in [0.1, 0.15) is 23.0 Å². The Morgan fingerprint density at radius 3 is 2.58 bits per heavy atom. The summed E-state index contributed by atoms with van der Waals surface area (Å²) in [5.74, 6) is -0.688. The standard InChI is InChI=1S/C12H8N2O3.C2H6/c1-17-10-5-8(12(15)16)4-7-2-3-9(6-13)14-11(7)10;1-2/h2-5H,1H3,(H,15,16);1-2H3. The quantitative estimate of drug-likeness (QED) is 0.895. The molecule has 1 aromatic carbocycles. The van der Waals surface area contributed by atoms with Gasteiger partial charge in [0.15, 0.2) is 0 Å². The summed E-state index contributed by atoms with van der Waals surface area (Å²) in [6.07, 6.45) is 0. The number of hydrogen-bond acceptors (Lipinski definition) is 4. The van der Waals surface area contributed by atoms with Crippen LogP contribution in [0.25, 0.3) is 10.9 Å². The van der Waals surface area contributed by atoms with Gasteiger partial charge in [0.25, 0.3) is 0 Å². The minimum atomic E-state index is -1.03. The molecule has 19 heavy (non-hydrogen) atoms. The number of benzene rings is 1. The van der Waals surface area contributed by atoms with Crippen molar-refractivity contribution in [3.8, 4) is 11.8 Å². The molecule has 0 saturated carbocycles. The van der Waals surface area contributed by atoms with Crippen molar-refractivity contribution in [3.63, 3.8) is 0 Å². The number of carboxylic acids is 1. The van der Waals surface area contributed by atoms with E-state index in [9.17, 15) is 4.79 Å². The Kier molecular flexibility index (Phi) is 4.84. The number of aromatic nitrogens is 1. The molecular formula is C14H14N2O3. The summed E-state index contributed by atoms with van der Waals surface area (Å²) in [4.78, 5) is 15.0. The summed E-state index contributed by atoms with van der Waals surface area (Å²) < 4.78 is 5.08. The number of carbonyl (C=O) groups is 1. The summed E-state index contributed by atoms with van der Waals surface area (Å²) in [6.45, 7) is 4.00. The second-order valence-electron chi connectivity index (χ2n) is 3.36. The highest BCUT2D eigenvalue weighted by Crippen LogP contribution is 2.26. The number of nitrogens with zero attached hydrogens (tertiary/aromatic N) is 2. The molecule has 0 aliphatic carbocycles. The fourth-order valence-corrected chi connectivity index (χ4v) is 1.54. The van der Waals surface area contributed by atoms with Crippen molar-refractivity contribution in [2.45, 2.75) is 13.8 Å². The van der Waals surface area contributed by atoms with E-state index in [0.717, 1.165) is 0 Å². The molecule has 0 saturated heterocycles. The second kappa shape index (κ2) is 6.36. The van der Waals surface area contributed by atoms with Crippen LogP contribution in [-0.2, 0) is 0 Å². The number of aromatic carboxylic acids is 1. The summed E-state index contributed by atoms with van der Waals surface area (Å²) >= 11 is 0. The van der Waals surface area contributed by atoms with E-state index in [-0.39, 0.29) is 11.3 Å². The molecule has 0 amide bonds. The van der Waals surface area contributed by atoms with Crippen LogP contribution >= 0.6 is 0 Å². The lowest BCUT2D eigenvalue weighted by Crippen LogP contribution is -1.99. The van der Waals surface area contributed by atoms with Crippen LogP contribution in [0.3, 0.4) is 0 Å². The first-order valence-electron chi connectivity index (χ1n) is 5.78. The third-order valence-corrected chi connectivity index (χ3v) is 2.34. The molecule has 2 rings (SSSR count). The zero-order chi connectivity index (χ0) is 14.4. The number of nitriles is 1. The predicted octanol–water partition coefficient (Wildman–Crippen LogP) is 2.84. The first-order chi connectivity index (χ1) is 9.15. The van der Waals surface area contributed by atoms with Crippen molar-refractivity contribution in [1.82, 2.24) is 4.98 Å². The van der Waals surface area contributed by atoms with Crippen molar-refractivity contribution < 1.29 is 14.6 Å². The Morgan fingerprint density at radius 1 is 1.37 bits per heavy atom. The van der Waals surface area contributed by atoms with Crippen molar-refractivity contribution in [2.75, 3.05) is 7.11 Å². The summed E-state index contributed by atoms with van der Waals surface area (Å²) in [7, 11) is 1.43. The molecule has 0 fully saturated rings. The number of pyridine rings is 1. The summed E-state index contributed by atoms with van der Waals surface area (Å²) in [5, 5.41) is 18.3. The highest BCUT2D eigenvalue weighted by molar-refractivity contribution is 5.96. The van der Waals surface area contributed by atoms with Crippen LogP contribution in [0.2, 0.25) is 0 Å². The number of hydrogen-bond donors (Lipinski definition) is 1. The van der Waals surface area contributed by atoms with E-state index in [1.807, 2.05) is 19.9 Å². The zero-order valence-corrected chi connectivity index (χ0v) is 11.0. The van der Waals surface area contributed by atoms with Crippen molar-refractivity contribution in [1.29, 1.82) is 5.26 Å². The van der Waals surface area contributed by atoms with Crippen LogP contribution in [-0.4, -0.2) is 23.2 Å². The lowest BCUT2D eigenvalue weighted by atomic mass is 10.1. The van der Waals surface area contributed by atoms with Crippen LogP contribution in [0.15, 0.2) is 24.3 Å². The van der Waals surface area contributed by atoms with Gasteiger partial charge in [-0.2, -0.15) is 5.26 Å². The van der Waals surface area contributed by atoms with E-state index in [4.69, 9.17) is 15.1 Å². The van der Waals surface area contributed by atoms with Gasteiger partial charge in [-0.05, 0) is 24.3 Å². The SMILES string of the molecule is CC.COc1cc(C(=O)O)cc2ccc(C#N)nc12. The fraction of sp³-hybridized carbons (Fsp3) is 0.214. The molecule has 5 heteroatoms. The Labute approximate surface area is 111 Å². The molecule has 98 valence electrons. The monoisotopic (exact) mass is 258 g/mol. The van der Waals surface area contributed by atoms with Crippen LogP contribution in [0, 0.1) is 11.3 Å². The number of fused-ring (bicyclic) bond motifs is 1. The molecule has 0 aliphatic rings. The highest BCUT2D eigenvalue weighted by atomic mass is 16.5. The van der Waals surface area contributed by atoms with Gasteiger partial charge in [0.2, 0.25) is 0 Å². The van der Waals surface area contributed by atoms with Crippen LogP contribution in [0.5, 0.6) is 5.75 Å². The van der Waals surface area contributed by atoms with Crippen LogP contribution < -0.4 is 4.74 Å². The summed E-state index contributed by atoms with van der Waals surface area (Å²) in [5.41, 5.74) is 0.872. The molecular weight excluding hydrogens is 244 g/mol. The van der Waals surface area contributed by atoms with Crippen molar-refractivity contribution >= 4 is 16.9 Å².